The summed E-state index contributed by atoms with van der Waals surface area (Å²) in [4.78, 5) is 11.5. The van der Waals surface area contributed by atoms with E-state index in [2.05, 4.69) is 24.5 Å². The minimum Gasteiger partial charge on any atom is -0.394 e. The fraction of sp³-hybridized carbons (Fsp3) is 0.462. The normalized spacial score (nSPS) is 12.3. The van der Waals surface area contributed by atoms with Crippen molar-refractivity contribution >= 4 is 11.7 Å². The van der Waals surface area contributed by atoms with Crippen LogP contribution in [-0.2, 0) is 0 Å². The van der Waals surface area contributed by atoms with Crippen LogP contribution in [0.4, 0.5) is 10.5 Å². The van der Waals surface area contributed by atoms with Gasteiger partial charge in [0.2, 0.25) is 0 Å². The average Bonchev–Trinajstić information content (AvgIpc) is 2.29. The number of aliphatic hydroxyl groups excluding tert-OH is 1. The summed E-state index contributed by atoms with van der Waals surface area (Å²) in [6.07, 6.45) is 0. The number of hydrogen-bond acceptors (Lipinski definition) is 2. The highest BCUT2D eigenvalue weighted by atomic mass is 16.3. The summed E-state index contributed by atoms with van der Waals surface area (Å²) >= 11 is 0. The van der Waals surface area contributed by atoms with Gasteiger partial charge in [0.25, 0.3) is 0 Å². The second-order valence-corrected chi connectivity index (χ2v) is 4.46. The number of urea groups is 1. The Morgan fingerprint density at radius 1 is 1.24 bits per heavy atom. The van der Waals surface area contributed by atoms with E-state index in [4.69, 9.17) is 5.11 Å². The van der Waals surface area contributed by atoms with Gasteiger partial charge in [0, 0.05) is 5.69 Å². The van der Waals surface area contributed by atoms with E-state index in [0.29, 0.717) is 5.92 Å². The van der Waals surface area contributed by atoms with Crippen molar-refractivity contribution in [2.24, 2.45) is 0 Å². The maximum atomic E-state index is 11.5. The lowest BCUT2D eigenvalue weighted by molar-refractivity contribution is 0.229. The largest absolute Gasteiger partial charge is 0.394 e. The molecule has 2 amide bonds. The third-order valence-corrected chi connectivity index (χ3v) is 2.49. The van der Waals surface area contributed by atoms with Gasteiger partial charge in [-0.05, 0) is 30.5 Å². The molecule has 0 fully saturated rings. The highest BCUT2D eigenvalue weighted by Crippen LogP contribution is 2.16. The number of hydrogen-bond donors (Lipinski definition) is 3. The lowest BCUT2D eigenvalue weighted by Crippen LogP contribution is -2.38. The van der Waals surface area contributed by atoms with E-state index in [1.807, 2.05) is 24.3 Å². The molecule has 94 valence electrons. The lowest BCUT2D eigenvalue weighted by Gasteiger charge is -2.12. The number of nitrogens with one attached hydrogen (secondary N) is 2. The van der Waals surface area contributed by atoms with Crippen LogP contribution in [0.1, 0.15) is 32.3 Å². The first-order chi connectivity index (χ1) is 8.02. The van der Waals surface area contributed by atoms with E-state index in [0.717, 1.165) is 5.69 Å². The van der Waals surface area contributed by atoms with Gasteiger partial charge in [-0.25, -0.2) is 4.79 Å². The number of benzene rings is 1. The quantitative estimate of drug-likeness (QED) is 0.751. The minimum absolute atomic E-state index is 0.0697. The monoisotopic (exact) mass is 236 g/mol. The Hall–Kier alpha value is -1.55. The van der Waals surface area contributed by atoms with Crippen molar-refractivity contribution in [3.63, 3.8) is 0 Å². The van der Waals surface area contributed by atoms with E-state index >= 15 is 0 Å². The van der Waals surface area contributed by atoms with Gasteiger partial charge >= 0.3 is 6.03 Å². The first kappa shape index (κ1) is 13.5. The molecule has 4 nitrogen and oxygen atoms in total. The van der Waals surface area contributed by atoms with Gasteiger partial charge in [0.1, 0.15) is 0 Å². The summed E-state index contributed by atoms with van der Waals surface area (Å²) in [5.74, 6) is 0.479. The molecule has 0 radical (unpaired) electrons. The molecule has 0 bridgehead atoms. The Balaban J connectivity index is 2.54. The van der Waals surface area contributed by atoms with E-state index in [-0.39, 0.29) is 18.7 Å². The van der Waals surface area contributed by atoms with E-state index in [9.17, 15) is 4.79 Å². The maximum absolute atomic E-state index is 11.5. The van der Waals surface area contributed by atoms with Crippen molar-refractivity contribution < 1.29 is 9.90 Å². The third-order valence-electron chi connectivity index (χ3n) is 2.49. The fourth-order valence-electron chi connectivity index (χ4n) is 1.39. The van der Waals surface area contributed by atoms with Crippen LogP contribution >= 0.6 is 0 Å². The summed E-state index contributed by atoms with van der Waals surface area (Å²) in [5, 5.41) is 14.1. The molecule has 4 heteroatoms. The van der Waals surface area contributed by atoms with E-state index < -0.39 is 0 Å². The number of carbonyl (C=O) groups is 1. The molecule has 0 saturated heterocycles. The lowest BCUT2D eigenvalue weighted by atomic mass is 10.0. The van der Waals surface area contributed by atoms with Gasteiger partial charge in [0.15, 0.2) is 0 Å². The van der Waals surface area contributed by atoms with E-state index in [1.165, 1.54) is 5.56 Å². The highest BCUT2D eigenvalue weighted by molar-refractivity contribution is 5.89. The molecule has 17 heavy (non-hydrogen) atoms. The van der Waals surface area contributed by atoms with Gasteiger partial charge < -0.3 is 15.7 Å². The van der Waals surface area contributed by atoms with Crippen LogP contribution in [0.3, 0.4) is 0 Å². The molecular formula is C13H20N2O2. The first-order valence-electron chi connectivity index (χ1n) is 5.81. The van der Waals surface area contributed by atoms with Crippen molar-refractivity contribution in [2.45, 2.75) is 32.7 Å². The summed E-state index contributed by atoms with van der Waals surface area (Å²) in [6, 6.07) is 7.19. The van der Waals surface area contributed by atoms with Crippen molar-refractivity contribution in [1.82, 2.24) is 5.32 Å². The topological polar surface area (TPSA) is 61.4 Å². The Morgan fingerprint density at radius 2 is 1.82 bits per heavy atom. The van der Waals surface area contributed by atoms with Crippen LogP contribution in [0.25, 0.3) is 0 Å². The van der Waals surface area contributed by atoms with Crippen LogP contribution in [-0.4, -0.2) is 23.8 Å². The SMILES string of the molecule is CC(C)c1ccc(NC(=O)N[C@@H](C)CO)cc1. The molecule has 0 heterocycles. The van der Waals surface area contributed by atoms with Gasteiger partial charge in [0.05, 0.1) is 12.6 Å². The molecule has 1 aromatic rings. The molecule has 1 atom stereocenters. The molecule has 0 spiro atoms. The van der Waals surface area contributed by atoms with Gasteiger partial charge in [-0.1, -0.05) is 26.0 Å². The van der Waals surface area contributed by atoms with Gasteiger partial charge in [-0.3, -0.25) is 0 Å². The zero-order valence-corrected chi connectivity index (χ0v) is 10.5. The Bertz CT molecular complexity index is 360. The molecule has 3 N–H and O–H groups in total. The average molecular weight is 236 g/mol. The zero-order valence-electron chi connectivity index (χ0n) is 10.5. The maximum Gasteiger partial charge on any atom is 0.319 e. The van der Waals surface area contributed by atoms with Crippen LogP contribution in [0.5, 0.6) is 0 Å². The number of carbonyl (C=O) groups excluding carboxylic acids is 1. The molecule has 0 aromatic heterocycles. The highest BCUT2D eigenvalue weighted by Gasteiger charge is 2.06. The number of aliphatic hydroxyl groups is 1. The fourth-order valence-corrected chi connectivity index (χ4v) is 1.39. The molecular weight excluding hydrogens is 216 g/mol. The second-order valence-electron chi connectivity index (χ2n) is 4.46. The van der Waals surface area contributed by atoms with Crippen LogP contribution in [0.2, 0.25) is 0 Å². The zero-order chi connectivity index (χ0) is 12.8. The number of amides is 2. The van der Waals surface area contributed by atoms with Gasteiger partial charge in [-0.2, -0.15) is 0 Å². The molecule has 1 aromatic carbocycles. The molecule has 0 unspecified atom stereocenters. The summed E-state index contributed by atoms with van der Waals surface area (Å²) in [6.45, 7) is 5.91. The molecule has 0 aliphatic carbocycles. The third kappa shape index (κ3) is 4.44. The summed E-state index contributed by atoms with van der Waals surface area (Å²) in [7, 11) is 0. The van der Waals surface area contributed by atoms with E-state index in [1.54, 1.807) is 6.92 Å². The van der Waals surface area contributed by atoms with Crippen molar-refractivity contribution in [3.05, 3.63) is 29.8 Å². The molecule has 0 aliphatic rings. The number of anilines is 1. The van der Waals surface area contributed by atoms with Crippen LogP contribution < -0.4 is 10.6 Å². The predicted octanol–water partition coefficient (Wildman–Crippen LogP) is 2.31. The van der Waals surface area contributed by atoms with Crippen molar-refractivity contribution in [3.8, 4) is 0 Å². The van der Waals surface area contributed by atoms with Crippen LogP contribution in [0.15, 0.2) is 24.3 Å². The second kappa shape index (κ2) is 6.25. The van der Waals surface area contributed by atoms with Gasteiger partial charge in [-0.15, -0.1) is 0 Å². The standard InChI is InChI=1S/C13H20N2O2/c1-9(2)11-4-6-12(7-5-11)15-13(17)14-10(3)8-16/h4-7,9-10,16H,8H2,1-3H3,(H2,14,15,17)/t10-/m0/s1. The molecule has 0 aliphatic heterocycles. The van der Waals surface area contributed by atoms with Crippen molar-refractivity contribution in [1.29, 1.82) is 0 Å². The van der Waals surface area contributed by atoms with Crippen LogP contribution in [0, 0.1) is 0 Å². The Labute approximate surface area is 102 Å². The Kier molecular flexibility index (Phi) is 4.97. The summed E-state index contributed by atoms with van der Waals surface area (Å²) < 4.78 is 0. The minimum atomic E-state index is -0.302. The Morgan fingerprint density at radius 3 is 2.29 bits per heavy atom. The van der Waals surface area contributed by atoms with Crippen molar-refractivity contribution in [2.75, 3.05) is 11.9 Å². The first-order valence-corrected chi connectivity index (χ1v) is 5.81. The molecule has 1 rings (SSSR count). The predicted molar refractivity (Wildman–Crippen MR) is 69.2 cm³/mol. The smallest absolute Gasteiger partial charge is 0.319 e. The summed E-state index contributed by atoms with van der Waals surface area (Å²) in [5.41, 5.74) is 1.98. The molecule has 0 saturated carbocycles. The number of rotatable bonds is 4.